The summed E-state index contributed by atoms with van der Waals surface area (Å²) in [5.74, 6) is 1.84. The van der Waals surface area contributed by atoms with E-state index in [1.807, 2.05) is 0 Å². The first-order valence-electron chi connectivity index (χ1n) is 8.94. The number of fused-ring (bicyclic) bond motifs is 2. The molecule has 0 unspecified atom stereocenters. The van der Waals surface area contributed by atoms with Crippen molar-refractivity contribution in [2.75, 3.05) is 36.5 Å². The van der Waals surface area contributed by atoms with E-state index in [1.165, 1.54) is 5.56 Å². The fourth-order valence-corrected chi connectivity index (χ4v) is 3.70. The van der Waals surface area contributed by atoms with Crippen LogP contribution in [0, 0.1) is 0 Å². The van der Waals surface area contributed by atoms with Crippen LogP contribution in [0.4, 0.5) is 11.6 Å². The molecule has 2 N–H and O–H groups in total. The lowest BCUT2D eigenvalue weighted by Crippen LogP contribution is -2.27. The molecule has 9 heteroatoms. The van der Waals surface area contributed by atoms with Crippen molar-refractivity contribution in [2.24, 2.45) is 0 Å². The van der Waals surface area contributed by atoms with Crippen LogP contribution in [-0.2, 0) is 17.6 Å². The van der Waals surface area contributed by atoms with Crippen LogP contribution in [0.3, 0.4) is 0 Å². The van der Waals surface area contributed by atoms with Crippen LogP contribution in [0.15, 0.2) is 19.0 Å². The smallest absolute Gasteiger partial charge is 0.182 e. The Kier molecular flexibility index (Phi) is 3.85. The molecule has 3 aromatic rings. The number of imidazole rings is 1. The second-order valence-electron chi connectivity index (χ2n) is 6.64. The molecule has 1 atom stereocenters. The van der Waals surface area contributed by atoms with Crippen molar-refractivity contribution in [1.82, 2.24) is 29.9 Å². The lowest BCUT2D eigenvalue weighted by Gasteiger charge is -2.21. The van der Waals surface area contributed by atoms with E-state index in [0.29, 0.717) is 11.7 Å². The van der Waals surface area contributed by atoms with E-state index in [-0.39, 0.29) is 0 Å². The van der Waals surface area contributed by atoms with Crippen molar-refractivity contribution >= 4 is 22.8 Å². The second-order valence-corrected chi connectivity index (χ2v) is 6.64. The maximum absolute atomic E-state index is 5.47. The van der Waals surface area contributed by atoms with E-state index < -0.39 is 0 Å². The first kappa shape index (κ1) is 15.4. The van der Waals surface area contributed by atoms with E-state index in [0.717, 1.165) is 68.4 Å². The lowest BCUT2D eigenvalue weighted by molar-refractivity contribution is 0.195. The van der Waals surface area contributed by atoms with Crippen LogP contribution >= 0.6 is 0 Å². The van der Waals surface area contributed by atoms with Gasteiger partial charge in [0.2, 0.25) is 0 Å². The Morgan fingerprint density at radius 3 is 2.92 bits per heavy atom. The Morgan fingerprint density at radius 2 is 2.00 bits per heavy atom. The minimum Gasteiger partial charge on any atom is -0.379 e. The monoisotopic (exact) mass is 352 g/mol. The summed E-state index contributed by atoms with van der Waals surface area (Å²) < 4.78 is 5.47. The molecule has 0 aliphatic carbocycles. The Morgan fingerprint density at radius 1 is 1.08 bits per heavy atom. The average Bonchev–Trinajstić information content (AvgIpc) is 3.30. The van der Waals surface area contributed by atoms with E-state index in [9.17, 15) is 0 Å². The van der Waals surface area contributed by atoms with E-state index in [2.05, 4.69) is 40.1 Å². The van der Waals surface area contributed by atoms with Gasteiger partial charge in [0.25, 0.3) is 0 Å². The third-order valence-corrected chi connectivity index (χ3v) is 5.06. The van der Waals surface area contributed by atoms with Gasteiger partial charge in [-0.3, -0.25) is 0 Å². The molecule has 0 aromatic carbocycles. The van der Waals surface area contributed by atoms with Gasteiger partial charge in [0.05, 0.1) is 24.7 Å². The fraction of sp³-hybridized carbons (Fsp3) is 0.471. The van der Waals surface area contributed by atoms with Gasteiger partial charge in [-0.2, -0.15) is 0 Å². The summed E-state index contributed by atoms with van der Waals surface area (Å²) in [5.41, 5.74) is 3.89. The molecule has 1 saturated heterocycles. The molecular weight excluding hydrogens is 332 g/mol. The van der Waals surface area contributed by atoms with Crippen molar-refractivity contribution in [3.05, 3.63) is 30.2 Å². The zero-order valence-corrected chi connectivity index (χ0v) is 14.4. The molecule has 1 fully saturated rings. The predicted octanol–water partition coefficient (Wildman–Crippen LogP) is 0.949. The molecule has 26 heavy (non-hydrogen) atoms. The molecule has 0 amide bonds. The summed E-state index contributed by atoms with van der Waals surface area (Å²) in [6.07, 6.45) is 7.63. The number of rotatable bonds is 3. The Balaban J connectivity index is 1.41. The molecule has 2 aliphatic rings. The third kappa shape index (κ3) is 2.74. The maximum atomic E-state index is 5.47. The minimum atomic E-state index is 0.333. The van der Waals surface area contributed by atoms with E-state index in [4.69, 9.17) is 4.74 Å². The number of hydrogen-bond donors (Lipinski definition) is 2. The molecule has 3 aromatic heterocycles. The second kappa shape index (κ2) is 6.49. The molecular formula is C17H20N8O. The summed E-state index contributed by atoms with van der Waals surface area (Å²) in [4.78, 5) is 27.4. The number of nitrogens with one attached hydrogen (secondary N) is 2. The number of nitrogens with zero attached hydrogens (tertiary/aromatic N) is 6. The van der Waals surface area contributed by atoms with Gasteiger partial charge < -0.3 is 19.9 Å². The lowest BCUT2D eigenvalue weighted by atomic mass is 10.1. The topological polar surface area (TPSA) is 105 Å². The van der Waals surface area contributed by atoms with Gasteiger partial charge in [-0.15, -0.1) is 0 Å². The molecule has 5 rings (SSSR count). The van der Waals surface area contributed by atoms with Gasteiger partial charge in [-0.05, 0) is 12.8 Å². The summed E-state index contributed by atoms with van der Waals surface area (Å²) in [7, 11) is 0. The zero-order chi connectivity index (χ0) is 17.3. The fourth-order valence-electron chi connectivity index (χ4n) is 3.70. The molecule has 2 aliphatic heterocycles. The highest BCUT2D eigenvalue weighted by Gasteiger charge is 2.23. The van der Waals surface area contributed by atoms with Crippen LogP contribution in [0.1, 0.15) is 17.7 Å². The first-order chi connectivity index (χ1) is 12.9. The van der Waals surface area contributed by atoms with Crippen molar-refractivity contribution in [1.29, 1.82) is 0 Å². The van der Waals surface area contributed by atoms with Gasteiger partial charge in [-0.25, -0.2) is 24.9 Å². The SMILES string of the molecule is c1nc2c(c(N[C@@H]3CCOC3)n1)CCN(c1ncnc3nc[nH]c13)CC2. The van der Waals surface area contributed by atoms with Crippen LogP contribution in [0.25, 0.3) is 11.2 Å². The normalized spacial score (nSPS) is 20.2. The Hall–Kier alpha value is -2.81. The third-order valence-electron chi connectivity index (χ3n) is 5.06. The summed E-state index contributed by atoms with van der Waals surface area (Å²) in [5, 5.41) is 3.54. The summed E-state index contributed by atoms with van der Waals surface area (Å²) >= 11 is 0. The molecule has 0 saturated carbocycles. The standard InChI is InChI=1S/C17H20N8O/c1-4-25(17-14-16(21-9-19-14)22-10-23-17)5-2-13-12(1)15(20-8-18-13)24-11-3-6-26-7-11/h8-11H,1-7H2,(H,18,20,24)(H,19,21,22,23)/t11-/m1/s1. The van der Waals surface area contributed by atoms with Gasteiger partial charge in [0, 0.05) is 31.7 Å². The van der Waals surface area contributed by atoms with Gasteiger partial charge in [-0.1, -0.05) is 0 Å². The first-order valence-corrected chi connectivity index (χ1v) is 8.94. The van der Waals surface area contributed by atoms with E-state index >= 15 is 0 Å². The molecule has 5 heterocycles. The molecule has 134 valence electrons. The van der Waals surface area contributed by atoms with E-state index in [1.54, 1.807) is 19.0 Å². The van der Waals surface area contributed by atoms with Crippen LogP contribution in [0.5, 0.6) is 0 Å². The summed E-state index contributed by atoms with van der Waals surface area (Å²) in [6, 6.07) is 0.333. The summed E-state index contributed by atoms with van der Waals surface area (Å²) in [6.45, 7) is 3.25. The van der Waals surface area contributed by atoms with Gasteiger partial charge >= 0.3 is 0 Å². The zero-order valence-electron chi connectivity index (χ0n) is 14.4. The minimum absolute atomic E-state index is 0.333. The number of aromatic amines is 1. The van der Waals surface area contributed by atoms with Crippen molar-refractivity contribution in [3.63, 3.8) is 0 Å². The van der Waals surface area contributed by atoms with Crippen LogP contribution in [-0.4, -0.2) is 62.2 Å². The number of aromatic nitrogens is 6. The van der Waals surface area contributed by atoms with Gasteiger partial charge in [0.1, 0.15) is 24.0 Å². The maximum Gasteiger partial charge on any atom is 0.182 e. The Labute approximate surface area is 150 Å². The van der Waals surface area contributed by atoms with Crippen molar-refractivity contribution in [3.8, 4) is 0 Å². The van der Waals surface area contributed by atoms with Crippen LogP contribution in [0.2, 0.25) is 0 Å². The molecule has 0 bridgehead atoms. The number of ether oxygens (including phenoxy) is 1. The number of hydrogen-bond acceptors (Lipinski definition) is 8. The molecule has 0 radical (unpaired) electrons. The highest BCUT2D eigenvalue weighted by atomic mass is 16.5. The molecule has 9 nitrogen and oxygen atoms in total. The number of H-pyrrole nitrogens is 1. The highest BCUT2D eigenvalue weighted by molar-refractivity contribution is 5.82. The molecule has 0 spiro atoms. The number of anilines is 2. The Bertz CT molecular complexity index is 920. The predicted molar refractivity (Wildman–Crippen MR) is 96.2 cm³/mol. The van der Waals surface area contributed by atoms with Crippen molar-refractivity contribution < 1.29 is 4.74 Å². The van der Waals surface area contributed by atoms with Crippen molar-refractivity contribution in [2.45, 2.75) is 25.3 Å². The average molecular weight is 352 g/mol. The largest absolute Gasteiger partial charge is 0.379 e. The highest BCUT2D eigenvalue weighted by Crippen LogP contribution is 2.26. The quantitative estimate of drug-likeness (QED) is 0.718. The van der Waals surface area contributed by atoms with Crippen LogP contribution < -0.4 is 10.2 Å². The van der Waals surface area contributed by atoms with Gasteiger partial charge in [0.15, 0.2) is 11.5 Å².